The average molecular weight is 476 g/mol. The number of ether oxygens (including phenoxy) is 1. The Kier molecular flexibility index (Phi) is 6.67. The van der Waals surface area contributed by atoms with E-state index < -0.39 is 18.1 Å². The summed E-state index contributed by atoms with van der Waals surface area (Å²) in [5, 5.41) is 2.81. The van der Waals surface area contributed by atoms with Gasteiger partial charge in [0.05, 0.1) is 24.8 Å². The number of urea groups is 1. The molecule has 34 heavy (non-hydrogen) atoms. The Balaban J connectivity index is 1.52. The minimum atomic E-state index is -4.21. The first-order chi connectivity index (χ1) is 16.2. The second-order valence-corrected chi connectivity index (χ2v) is 8.58. The fraction of sp³-hybridized carbons (Fsp3) is 0.458. The number of alkyl halides is 3. The highest BCUT2D eigenvalue weighted by Gasteiger charge is 2.44. The number of rotatable bonds is 6. The molecular formula is C24H28F3N5O2. The summed E-state index contributed by atoms with van der Waals surface area (Å²) in [6.45, 7) is 4.18. The third kappa shape index (κ3) is 4.80. The second-order valence-electron chi connectivity index (χ2n) is 8.58. The van der Waals surface area contributed by atoms with Crippen LogP contribution in [0.1, 0.15) is 44.7 Å². The minimum absolute atomic E-state index is 0.0515. The molecule has 0 spiro atoms. The fourth-order valence-electron chi connectivity index (χ4n) is 4.58. The van der Waals surface area contributed by atoms with E-state index in [0.717, 1.165) is 11.1 Å². The number of aromatic nitrogens is 3. The molecule has 10 heteroatoms. The Morgan fingerprint density at radius 2 is 2.15 bits per heavy atom. The molecule has 7 nitrogen and oxygen atoms in total. The smallest absolute Gasteiger partial charge is 0.391 e. The molecule has 1 aliphatic carbocycles. The number of methoxy groups -OCH3 is 1. The van der Waals surface area contributed by atoms with Crippen LogP contribution in [0.25, 0.3) is 16.9 Å². The molecule has 1 fully saturated rings. The van der Waals surface area contributed by atoms with Crippen molar-refractivity contribution in [3.63, 3.8) is 0 Å². The molecule has 0 saturated heterocycles. The van der Waals surface area contributed by atoms with Gasteiger partial charge >= 0.3 is 12.2 Å². The topological polar surface area (TPSA) is 71.8 Å². The largest absolute Gasteiger partial charge is 0.478 e. The second kappa shape index (κ2) is 9.52. The normalized spacial score (nSPS) is 19.2. The number of nitrogens with one attached hydrogen (secondary N) is 1. The van der Waals surface area contributed by atoms with Crippen LogP contribution in [0.2, 0.25) is 0 Å². The molecule has 0 bridgehead atoms. The van der Waals surface area contributed by atoms with Gasteiger partial charge in [-0.15, -0.1) is 0 Å². The average Bonchev–Trinajstić information content (AvgIpc) is 3.48. The van der Waals surface area contributed by atoms with Gasteiger partial charge < -0.3 is 19.4 Å². The van der Waals surface area contributed by atoms with E-state index in [-0.39, 0.29) is 24.9 Å². The number of nitrogens with zero attached hydrogens (tertiary/aromatic N) is 4. The number of hydrogen-bond acceptors (Lipinski definition) is 4. The molecule has 0 unspecified atom stereocenters. The van der Waals surface area contributed by atoms with Gasteiger partial charge in [0.2, 0.25) is 0 Å². The Bertz CT molecular complexity index is 1160. The lowest BCUT2D eigenvalue weighted by molar-refractivity contribution is -0.172. The highest BCUT2D eigenvalue weighted by atomic mass is 19.4. The molecule has 1 aliphatic rings. The van der Waals surface area contributed by atoms with Crippen LogP contribution in [-0.2, 0) is 0 Å². The first-order valence-corrected chi connectivity index (χ1v) is 11.3. The summed E-state index contributed by atoms with van der Waals surface area (Å²) >= 11 is 0. The number of carbonyl (C=O) groups excluding carboxylic acids is 1. The van der Waals surface area contributed by atoms with E-state index in [1.807, 2.05) is 54.9 Å². The van der Waals surface area contributed by atoms with E-state index in [1.165, 1.54) is 7.11 Å². The van der Waals surface area contributed by atoms with E-state index >= 15 is 0 Å². The van der Waals surface area contributed by atoms with Crippen molar-refractivity contribution in [1.29, 1.82) is 0 Å². The predicted molar refractivity (Wildman–Crippen MR) is 121 cm³/mol. The molecule has 3 atom stereocenters. The number of imidazole rings is 1. The van der Waals surface area contributed by atoms with Crippen molar-refractivity contribution in [2.24, 2.45) is 5.92 Å². The summed E-state index contributed by atoms with van der Waals surface area (Å²) < 4.78 is 46.2. The summed E-state index contributed by atoms with van der Waals surface area (Å²) in [7, 11) is 1.54. The molecule has 2 amide bonds. The summed E-state index contributed by atoms with van der Waals surface area (Å²) in [5.74, 6) is -0.941. The third-order valence-corrected chi connectivity index (χ3v) is 6.49. The van der Waals surface area contributed by atoms with Gasteiger partial charge in [0.25, 0.3) is 5.88 Å². The zero-order valence-electron chi connectivity index (χ0n) is 19.3. The highest BCUT2D eigenvalue weighted by Crippen LogP contribution is 2.39. The maximum atomic E-state index is 13.0. The maximum absolute atomic E-state index is 13.0. The standard InChI is InChI=1S/C24H28F3N5O2/c1-4-32(23(33)29-19-9-8-18(13-19)24(25,26)27)15(2)16-6-5-7-17(12-16)20-14-31-11-10-28-21(31)22(30-20)34-3/h5-7,10-12,14-15,18-19H,4,8-9,13H2,1-3H3,(H,29,33)/t15-,18+,19-/m1/s1. The predicted octanol–water partition coefficient (Wildman–Crippen LogP) is 5.23. The summed E-state index contributed by atoms with van der Waals surface area (Å²) in [4.78, 5) is 23.4. The van der Waals surface area contributed by atoms with Crippen molar-refractivity contribution in [3.05, 3.63) is 48.4 Å². The van der Waals surface area contributed by atoms with Crippen LogP contribution in [-0.4, -0.2) is 51.2 Å². The molecule has 2 aromatic heterocycles. The first-order valence-electron chi connectivity index (χ1n) is 11.3. The van der Waals surface area contributed by atoms with Gasteiger partial charge in [-0.05, 0) is 44.7 Å². The van der Waals surface area contributed by atoms with Crippen LogP contribution in [0.4, 0.5) is 18.0 Å². The minimum Gasteiger partial charge on any atom is -0.478 e. The molecule has 3 aromatic rings. The van der Waals surface area contributed by atoms with E-state index in [1.54, 1.807) is 11.1 Å². The molecule has 1 aromatic carbocycles. The molecule has 4 rings (SSSR count). The Morgan fingerprint density at radius 1 is 1.35 bits per heavy atom. The van der Waals surface area contributed by atoms with Gasteiger partial charge in [0.15, 0.2) is 5.65 Å². The van der Waals surface area contributed by atoms with Gasteiger partial charge in [-0.25, -0.2) is 14.8 Å². The Morgan fingerprint density at radius 3 is 2.82 bits per heavy atom. The molecular weight excluding hydrogens is 447 g/mol. The summed E-state index contributed by atoms with van der Waals surface area (Å²) in [6, 6.07) is 6.59. The third-order valence-electron chi connectivity index (χ3n) is 6.49. The van der Waals surface area contributed by atoms with Crippen LogP contribution >= 0.6 is 0 Å². The van der Waals surface area contributed by atoms with Gasteiger partial charge in [-0.3, -0.25) is 0 Å². The Hall–Kier alpha value is -3.30. The van der Waals surface area contributed by atoms with Crippen LogP contribution in [0, 0.1) is 5.92 Å². The van der Waals surface area contributed by atoms with Crippen molar-refractivity contribution in [2.75, 3.05) is 13.7 Å². The number of benzene rings is 1. The van der Waals surface area contributed by atoms with Gasteiger partial charge in [0.1, 0.15) is 0 Å². The lowest BCUT2D eigenvalue weighted by atomic mass is 10.0. The van der Waals surface area contributed by atoms with E-state index in [0.29, 0.717) is 30.2 Å². The highest BCUT2D eigenvalue weighted by molar-refractivity contribution is 5.75. The van der Waals surface area contributed by atoms with Crippen LogP contribution in [0.5, 0.6) is 5.88 Å². The monoisotopic (exact) mass is 475 g/mol. The SMILES string of the molecule is CCN(C(=O)N[C@@H]1CC[C@H](C(F)(F)F)C1)[C@H](C)c1cccc(-c2cn3ccnc3c(OC)n2)c1. The van der Waals surface area contributed by atoms with Gasteiger partial charge in [-0.1, -0.05) is 18.2 Å². The fourth-order valence-corrected chi connectivity index (χ4v) is 4.58. The molecule has 0 aliphatic heterocycles. The lowest BCUT2D eigenvalue weighted by Gasteiger charge is -2.30. The molecule has 1 N–H and O–H groups in total. The molecule has 0 radical (unpaired) electrons. The summed E-state index contributed by atoms with van der Waals surface area (Å²) in [5.41, 5.74) is 3.04. The molecule has 2 heterocycles. The van der Waals surface area contributed by atoms with Gasteiger partial charge in [-0.2, -0.15) is 13.2 Å². The first kappa shape index (κ1) is 23.8. The van der Waals surface area contributed by atoms with E-state index in [9.17, 15) is 18.0 Å². The van der Waals surface area contributed by atoms with Crippen molar-refractivity contribution in [1.82, 2.24) is 24.6 Å². The summed E-state index contributed by atoms with van der Waals surface area (Å²) in [6.07, 6.45) is 1.44. The maximum Gasteiger partial charge on any atom is 0.391 e. The van der Waals surface area contributed by atoms with Gasteiger partial charge in [0, 0.05) is 36.7 Å². The van der Waals surface area contributed by atoms with Crippen molar-refractivity contribution >= 4 is 11.7 Å². The van der Waals surface area contributed by atoms with Crippen molar-refractivity contribution in [2.45, 2.75) is 51.4 Å². The molecule has 1 saturated carbocycles. The van der Waals surface area contributed by atoms with Crippen molar-refractivity contribution in [3.8, 4) is 17.1 Å². The lowest BCUT2D eigenvalue weighted by Crippen LogP contribution is -2.45. The quantitative estimate of drug-likeness (QED) is 0.530. The number of fused-ring (bicyclic) bond motifs is 1. The number of halogens is 3. The Labute approximate surface area is 196 Å². The van der Waals surface area contributed by atoms with E-state index in [2.05, 4.69) is 15.3 Å². The van der Waals surface area contributed by atoms with E-state index in [4.69, 9.17) is 4.74 Å². The number of hydrogen-bond donors (Lipinski definition) is 1. The number of amides is 2. The van der Waals surface area contributed by atoms with Crippen LogP contribution in [0.3, 0.4) is 0 Å². The number of carbonyl (C=O) groups is 1. The van der Waals surface area contributed by atoms with Crippen molar-refractivity contribution < 1.29 is 22.7 Å². The molecule has 182 valence electrons. The van der Waals surface area contributed by atoms with Crippen LogP contribution < -0.4 is 10.1 Å². The zero-order chi connectivity index (χ0) is 24.5. The van der Waals surface area contributed by atoms with Crippen LogP contribution in [0.15, 0.2) is 42.9 Å². The zero-order valence-corrected chi connectivity index (χ0v) is 19.3.